The molecule has 0 aliphatic carbocycles. The Labute approximate surface area is 99.7 Å². The molecule has 3 nitrogen and oxygen atoms in total. The molecular weight excluding hydrogens is 284 g/mol. The van der Waals surface area contributed by atoms with Crippen molar-refractivity contribution >= 4 is 21.9 Å². The molecule has 0 heterocycles. The van der Waals surface area contributed by atoms with Gasteiger partial charge >= 0.3 is 5.97 Å². The Morgan fingerprint density at radius 2 is 2.00 bits per heavy atom. The van der Waals surface area contributed by atoms with Crippen LogP contribution in [0.1, 0.15) is 5.56 Å². The predicted octanol–water partition coefficient (Wildman–Crippen LogP) is 1.77. The summed E-state index contributed by atoms with van der Waals surface area (Å²) in [5.74, 6) is -2.08. The normalized spacial score (nSPS) is 12.3. The third-order valence-electron chi connectivity index (χ3n) is 2.00. The minimum absolute atomic E-state index is 0.0216. The highest BCUT2D eigenvalue weighted by Crippen LogP contribution is 2.21. The molecule has 0 spiro atoms. The maximum atomic E-state index is 13.1. The lowest BCUT2D eigenvalue weighted by Crippen LogP contribution is -2.33. The van der Waals surface area contributed by atoms with Crippen molar-refractivity contribution in [2.24, 2.45) is 5.73 Å². The summed E-state index contributed by atoms with van der Waals surface area (Å²) in [7, 11) is 1.20. The zero-order chi connectivity index (χ0) is 12.3. The van der Waals surface area contributed by atoms with Gasteiger partial charge in [0.1, 0.15) is 17.7 Å². The van der Waals surface area contributed by atoms with Gasteiger partial charge in [-0.25, -0.2) is 8.78 Å². The van der Waals surface area contributed by atoms with Gasteiger partial charge < -0.3 is 10.5 Å². The van der Waals surface area contributed by atoms with Crippen molar-refractivity contribution in [3.8, 4) is 0 Å². The summed E-state index contributed by atoms with van der Waals surface area (Å²) in [6.45, 7) is 0. The summed E-state index contributed by atoms with van der Waals surface area (Å²) in [6.07, 6.45) is 0.0216. The Balaban J connectivity index is 2.86. The van der Waals surface area contributed by atoms with Gasteiger partial charge in [-0.3, -0.25) is 4.79 Å². The molecule has 0 unspecified atom stereocenters. The highest BCUT2D eigenvalue weighted by Gasteiger charge is 2.16. The molecule has 0 bridgehead atoms. The number of carbonyl (C=O) groups is 1. The van der Waals surface area contributed by atoms with Crippen molar-refractivity contribution in [2.75, 3.05) is 7.11 Å². The molecule has 88 valence electrons. The van der Waals surface area contributed by atoms with Gasteiger partial charge in [-0.1, -0.05) is 0 Å². The summed E-state index contributed by atoms with van der Waals surface area (Å²) in [6, 6.07) is 1.32. The molecule has 0 aliphatic heterocycles. The number of methoxy groups -OCH3 is 1. The van der Waals surface area contributed by atoms with Crippen LogP contribution in [0.15, 0.2) is 16.6 Å². The number of rotatable bonds is 3. The molecule has 0 radical (unpaired) electrons. The molecule has 2 N–H and O–H groups in total. The monoisotopic (exact) mass is 293 g/mol. The molecular formula is C10H10BrF2NO2. The van der Waals surface area contributed by atoms with E-state index in [1.54, 1.807) is 0 Å². The lowest BCUT2D eigenvalue weighted by atomic mass is 10.1. The van der Waals surface area contributed by atoms with Crippen molar-refractivity contribution in [1.82, 2.24) is 0 Å². The lowest BCUT2D eigenvalue weighted by molar-refractivity contribution is -0.142. The van der Waals surface area contributed by atoms with E-state index in [0.717, 1.165) is 12.1 Å². The minimum atomic E-state index is -0.926. The van der Waals surface area contributed by atoms with Crippen LogP contribution in [0.4, 0.5) is 8.78 Å². The summed E-state index contributed by atoms with van der Waals surface area (Å²) in [4.78, 5) is 11.0. The van der Waals surface area contributed by atoms with Crippen molar-refractivity contribution in [3.63, 3.8) is 0 Å². The number of hydrogen-bond donors (Lipinski definition) is 1. The number of halogens is 3. The fourth-order valence-electron chi connectivity index (χ4n) is 1.21. The summed E-state index contributed by atoms with van der Waals surface area (Å²) in [5.41, 5.74) is 5.77. The van der Waals surface area contributed by atoms with Crippen LogP contribution in [0, 0.1) is 11.6 Å². The van der Waals surface area contributed by atoms with Crippen LogP contribution in [0.5, 0.6) is 0 Å². The molecule has 1 aromatic rings. The third-order valence-corrected chi connectivity index (χ3v) is 2.76. The number of carbonyl (C=O) groups excluding carboxylic acids is 1. The molecule has 1 atom stereocenters. The zero-order valence-corrected chi connectivity index (χ0v) is 10.1. The Kier molecular flexibility index (Phi) is 4.37. The van der Waals surface area contributed by atoms with Crippen LogP contribution < -0.4 is 5.73 Å². The van der Waals surface area contributed by atoms with Crippen LogP contribution in [-0.4, -0.2) is 19.1 Å². The molecule has 0 fully saturated rings. The van der Waals surface area contributed by atoms with Gasteiger partial charge in [0, 0.05) is 0 Å². The summed E-state index contributed by atoms with van der Waals surface area (Å²) < 4.78 is 30.4. The number of ether oxygens (including phenoxy) is 1. The number of hydrogen-bond acceptors (Lipinski definition) is 3. The minimum Gasteiger partial charge on any atom is -0.468 e. The van der Waals surface area contributed by atoms with Gasteiger partial charge in [0.25, 0.3) is 0 Å². The predicted molar refractivity (Wildman–Crippen MR) is 57.8 cm³/mol. The van der Waals surface area contributed by atoms with E-state index in [1.165, 1.54) is 7.11 Å². The first-order valence-electron chi connectivity index (χ1n) is 4.42. The smallest absolute Gasteiger partial charge is 0.322 e. The molecule has 0 saturated heterocycles. The van der Waals surface area contributed by atoms with Crippen LogP contribution in [0.25, 0.3) is 0 Å². The molecule has 6 heteroatoms. The van der Waals surface area contributed by atoms with E-state index in [-0.39, 0.29) is 10.9 Å². The van der Waals surface area contributed by atoms with Gasteiger partial charge in [0.15, 0.2) is 0 Å². The Bertz CT molecular complexity index is 389. The lowest BCUT2D eigenvalue weighted by Gasteiger charge is -2.09. The van der Waals surface area contributed by atoms with Crippen LogP contribution in [0.3, 0.4) is 0 Å². The quantitative estimate of drug-likeness (QED) is 0.683. The van der Waals surface area contributed by atoms with E-state index in [0.29, 0.717) is 5.56 Å². The third kappa shape index (κ3) is 2.99. The topological polar surface area (TPSA) is 52.3 Å². The first-order valence-corrected chi connectivity index (χ1v) is 5.21. The molecule has 0 aliphatic rings. The Morgan fingerprint density at radius 3 is 2.44 bits per heavy atom. The molecule has 0 aromatic heterocycles. The van der Waals surface area contributed by atoms with Gasteiger partial charge in [-0.2, -0.15) is 0 Å². The Hall–Kier alpha value is -1.01. The summed E-state index contributed by atoms with van der Waals surface area (Å²) in [5, 5.41) is 0. The first kappa shape index (κ1) is 13.1. The van der Waals surface area contributed by atoms with Gasteiger partial charge in [-0.05, 0) is 40.0 Å². The fourth-order valence-corrected chi connectivity index (χ4v) is 1.44. The van der Waals surface area contributed by atoms with E-state index < -0.39 is 23.6 Å². The maximum absolute atomic E-state index is 13.1. The second-order valence-electron chi connectivity index (χ2n) is 3.21. The molecule has 0 amide bonds. The molecule has 16 heavy (non-hydrogen) atoms. The van der Waals surface area contributed by atoms with Gasteiger partial charge in [0.2, 0.25) is 0 Å². The van der Waals surface area contributed by atoms with Crippen LogP contribution in [-0.2, 0) is 16.0 Å². The number of benzene rings is 1. The van der Waals surface area contributed by atoms with Crippen molar-refractivity contribution < 1.29 is 18.3 Å². The average molecular weight is 294 g/mol. The highest BCUT2D eigenvalue weighted by molar-refractivity contribution is 9.10. The standard InChI is InChI=1S/C10H10BrF2NO2/c1-16-10(15)8(14)4-5-2-6(12)9(11)7(13)3-5/h2-3,8H,4,14H2,1H3/t8-/m1/s1. The number of nitrogens with two attached hydrogens (primary N) is 1. The zero-order valence-electron chi connectivity index (χ0n) is 8.47. The van der Waals surface area contributed by atoms with Crippen molar-refractivity contribution in [3.05, 3.63) is 33.8 Å². The molecule has 1 rings (SSSR count). The van der Waals surface area contributed by atoms with Gasteiger partial charge in [0.05, 0.1) is 11.6 Å². The van der Waals surface area contributed by atoms with Crippen molar-refractivity contribution in [2.45, 2.75) is 12.5 Å². The second-order valence-corrected chi connectivity index (χ2v) is 4.00. The van der Waals surface area contributed by atoms with E-state index >= 15 is 0 Å². The van der Waals surface area contributed by atoms with Gasteiger partial charge in [-0.15, -0.1) is 0 Å². The van der Waals surface area contributed by atoms with Crippen LogP contribution >= 0.6 is 15.9 Å². The highest BCUT2D eigenvalue weighted by atomic mass is 79.9. The molecule has 1 aromatic carbocycles. The number of esters is 1. The largest absolute Gasteiger partial charge is 0.468 e. The van der Waals surface area contributed by atoms with Crippen molar-refractivity contribution in [1.29, 1.82) is 0 Å². The SMILES string of the molecule is COC(=O)[C@H](N)Cc1cc(F)c(Br)c(F)c1. The maximum Gasteiger partial charge on any atom is 0.322 e. The first-order chi connectivity index (χ1) is 7.45. The van der Waals surface area contributed by atoms with E-state index in [9.17, 15) is 13.6 Å². The second kappa shape index (κ2) is 5.36. The molecule has 0 saturated carbocycles. The van der Waals surface area contributed by atoms with E-state index in [2.05, 4.69) is 20.7 Å². The van der Waals surface area contributed by atoms with E-state index in [4.69, 9.17) is 5.73 Å². The average Bonchev–Trinajstić information content (AvgIpc) is 2.24. The summed E-state index contributed by atoms with van der Waals surface area (Å²) >= 11 is 2.75. The Morgan fingerprint density at radius 1 is 1.50 bits per heavy atom. The fraction of sp³-hybridized carbons (Fsp3) is 0.300. The van der Waals surface area contributed by atoms with E-state index in [1.807, 2.05) is 0 Å². The van der Waals surface area contributed by atoms with Crippen LogP contribution in [0.2, 0.25) is 0 Å².